The largest absolute Gasteiger partial charge is 0.480 e. The third-order valence-corrected chi connectivity index (χ3v) is 6.64. The smallest absolute Gasteiger partial charge is 0.327 e. The van der Waals surface area contributed by atoms with Crippen LogP contribution in [0.5, 0.6) is 0 Å². The number of aliphatic imine (C=N–C) groups is 1. The fourth-order valence-electron chi connectivity index (χ4n) is 3.50. The van der Waals surface area contributed by atoms with Crippen molar-refractivity contribution in [3.8, 4) is 0 Å². The molecule has 0 aliphatic heterocycles. The fraction of sp³-hybridized carbons (Fsp3) is 0.370. The molecular formula is C27H35N7O7S. The van der Waals surface area contributed by atoms with Gasteiger partial charge in [-0.3, -0.25) is 19.4 Å². The minimum Gasteiger partial charge on any atom is -0.480 e. The van der Waals surface area contributed by atoms with Gasteiger partial charge in [-0.05, 0) is 56.5 Å². The number of carbonyl (C=O) groups excluding carboxylic acids is 2. The summed E-state index contributed by atoms with van der Waals surface area (Å²) in [5.74, 6) is -3.86. The average Bonchev–Trinajstić information content (AvgIpc) is 2.95. The summed E-state index contributed by atoms with van der Waals surface area (Å²) in [7, 11) is 0. The van der Waals surface area contributed by atoms with E-state index in [1.807, 2.05) is 13.8 Å². The van der Waals surface area contributed by atoms with Crippen LogP contribution in [0.25, 0.3) is 0 Å². The molecule has 0 fully saturated rings. The summed E-state index contributed by atoms with van der Waals surface area (Å²) in [6, 6.07) is 3.78. The van der Waals surface area contributed by atoms with Crippen molar-refractivity contribution in [2.45, 2.75) is 52.1 Å². The Balaban J connectivity index is 2.02. The van der Waals surface area contributed by atoms with Crippen LogP contribution in [0.3, 0.4) is 0 Å². The Morgan fingerprint density at radius 2 is 1.76 bits per heavy atom. The maximum absolute atomic E-state index is 12.7. The highest BCUT2D eigenvalue weighted by Gasteiger charge is 2.23. The minimum absolute atomic E-state index is 0.0314. The van der Waals surface area contributed by atoms with Crippen LogP contribution in [-0.2, 0) is 14.4 Å². The van der Waals surface area contributed by atoms with Crippen LogP contribution in [0, 0.1) is 6.92 Å². The Hall–Kier alpha value is -4.66. The zero-order chi connectivity index (χ0) is 31.4. The fourth-order valence-corrected chi connectivity index (χ4v) is 3.75. The Morgan fingerprint density at radius 3 is 2.33 bits per heavy atom. The lowest BCUT2D eigenvalue weighted by Crippen LogP contribution is -2.44. The number of nitrogen functional groups attached to an aromatic ring is 1. The number of aliphatic carboxylic acids is 2. The first kappa shape index (κ1) is 33.5. The molecule has 1 aromatic carbocycles. The third kappa shape index (κ3) is 10.1. The number of carbonyl (C=O) groups is 4. The number of thiol groups is 1. The van der Waals surface area contributed by atoms with Gasteiger partial charge in [0.05, 0.1) is 5.56 Å². The summed E-state index contributed by atoms with van der Waals surface area (Å²) >= 11 is 3.86. The molecule has 2 unspecified atom stereocenters. The van der Waals surface area contributed by atoms with E-state index < -0.39 is 35.8 Å². The highest BCUT2D eigenvalue weighted by molar-refractivity contribution is 7.80. The number of anilines is 2. The number of rotatable bonds is 15. The van der Waals surface area contributed by atoms with Crippen molar-refractivity contribution in [1.29, 1.82) is 0 Å². The van der Waals surface area contributed by atoms with E-state index >= 15 is 0 Å². The summed E-state index contributed by atoms with van der Waals surface area (Å²) in [6.45, 7) is 5.93. The number of aromatic nitrogens is 2. The zero-order valence-electron chi connectivity index (χ0n) is 23.4. The van der Waals surface area contributed by atoms with Gasteiger partial charge in [-0.1, -0.05) is 12.5 Å². The molecule has 2 amide bonds. The molecule has 8 N–H and O–H groups in total. The number of amides is 2. The predicted molar refractivity (Wildman–Crippen MR) is 162 cm³/mol. The maximum Gasteiger partial charge on any atom is 0.327 e. The first-order valence-corrected chi connectivity index (χ1v) is 13.6. The first-order valence-electron chi connectivity index (χ1n) is 13.0. The van der Waals surface area contributed by atoms with E-state index in [0.717, 1.165) is 17.6 Å². The number of nitrogens with two attached hydrogens (primary N) is 1. The van der Waals surface area contributed by atoms with E-state index in [1.165, 1.54) is 12.1 Å². The summed E-state index contributed by atoms with van der Waals surface area (Å²) in [4.78, 5) is 70.1. The van der Waals surface area contributed by atoms with Gasteiger partial charge in [0.1, 0.15) is 12.1 Å². The number of carboxylic acid groups (broad SMARTS) is 2. The van der Waals surface area contributed by atoms with Crippen LogP contribution in [0.1, 0.15) is 49.0 Å². The van der Waals surface area contributed by atoms with Gasteiger partial charge < -0.3 is 31.9 Å². The molecule has 2 rings (SSSR count). The molecule has 0 saturated carbocycles. The second kappa shape index (κ2) is 16.0. The van der Waals surface area contributed by atoms with Crippen LogP contribution in [-0.4, -0.2) is 74.5 Å². The monoisotopic (exact) mass is 601 g/mol. The normalized spacial score (nSPS) is 13.1. The number of hydrogen-bond acceptors (Lipinski definition) is 10. The molecule has 2 aromatic rings. The number of hydrogen-bond donors (Lipinski definition) is 8. The van der Waals surface area contributed by atoms with Crippen molar-refractivity contribution < 1.29 is 29.4 Å². The Morgan fingerprint density at radius 1 is 1.12 bits per heavy atom. The van der Waals surface area contributed by atoms with Gasteiger partial charge >= 0.3 is 11.9 Å². The van der Waals surface area contributed by atoms with Crippen molar-refractivity contribution in [2.24, 2.45) is 4.99 Å². The summed E-state index contributed by atoms with van der Waals surface area (Å²) in [5, 5.41) is 26.3. The number of allylic oxidation sites excluding steroid dienone is 1. The van der Waals surface area contributed by atoms with Crippen LogP contribution < -0.4 is 27.2 Å². The minimum atomic E-state index is -1.36. The molecule has 1 heterocycles. The van der Waals surface area contributed by atoms with Gasteiger partial charge in [-0.2, -0.15) is 17.6 Å². The third-order valence-electron chi connectivity index (χ3n) is 6.27. The van der Waals surface area contributed by atoms with Crippen molar-refractivity contribution >= 4 is 60.0 Å². The van der Waals surface area contributed by atoms with Gasteiger partial charge in [-0.25, -0.2) is 14.6 Å². The molecule has 1 aromatic heterocycles. The Kier molecular flexibility index (Phi) is 12.7. The second-order valence-corrected chi connectivity index (χ2v) is 9.66. The summed E-state index contributed by atoms with van der Waals surface area (Å²) in [5.41, 5.74) is 8.39. The molecular weight excluding hydrogens is 566 g/mol. The first-order chi connectivity index (χ1) is 19.9. The van der Waals surface area contributed by atoms with E-state index in [0.29, 0.717) is 17.8 Å². The number of H-pyrrole nitrogens is 1. The molecule has 15 heteroatoms. The topological polar surface area (TPSA) is 229 Å². The quantitative estimate of drug-likeness (QED) is 0.109. The standard InChI is InChI=1S/C27H35N7O7S/c1-4-14(2)17(12-30-22-15(3)23(36)34-27(28)33-22)11-29-18-7-5-16(6-8-18)24(37)32-19(25(38)39)9-10-21(35)31-20(13-42)26(40)41/h5-8,12,19-20,29,42H,4,9-11,13H2,1-3H3,(H,31,35)(H,32,37)(H,38,39)(H,40,41)(H3,28,33,34,36)/b17-14+,30-12-. The molecule has 0 saturated heterocycles. The number of benzene rings is 1. The summed E-state index contributed by atoms with van der Waals surface area (Å²) in [6.07, 6.45) is 1.83. The molecule has 0 bridgehead atoms. The van der Waals surface area contributed by atoms with Crippen molar-refractivity contribution in [2.75, 3.05) is 23.3 Å². The number of nitrogens with zero attached hydrogens (tertiary/aromatic N) is 2. The lowest BCUT2D eigenvalue weighted by Gasteiger charge is -2.16. The van der Waals surface area contributed by atoms with Crippen LogP contribution in [0.4, 0.5) is 17.5 Å². The molecule has 0 radical (unpaired) electrons. The van der Waals surface area contributed by atoms with Crippen LogP contribution in [0.2, 0.25) is 0 Å². The van der Waals surface area contributed by atoms with E-state index in [4.69, 9.17) is 10.8 Å². The highest BCUT2D eigenvalue weighted by atomic mass is 32.1. The van der Waals surface area contributed by atoms with Crippen molar-refractivity contribution in [1.82, 2.24) is 20.6 Å². The van der Waals surface area contributed by atoms with Gasteiger partial charge in [0, 0.05) is 36.2 Å². The SMILES string of the molecule is CC/C(C)=C(/C=N\c1nc(N)[nH]c(=O)c1C)CNc1ccc(C(=O)NC(CCC(=O)NC(CS)C(=O)O)C(=O)O)cc1. The number of nitrogens with one attached hydrogen (secondary N) is 4. The van der Waals surface area contributed by atoms with Gasteiger partial charge in [0.25, 0.3) is 11.5 Å². The van der Waals surface area contributed by atoms with Crippen LogP contribution >= 0.6 is 12.6 Å². The Bertz CT molecular complexity index is 1420. The molecule has 14 nitrogen and oxygen atoms in total. The molecule has 42 heavy (non-hydrogen) atoms. The van der Waals surface area contributed by atoms with Gasteiger partial charge in [0.2, 0.25) is 11.9 Å². The second-order valence-electron chi connectivity index (χ2n) is 9.29. The number of carboxylic acids is 2. The van der Waals surface area contributed by atoms with Gasteiger partial charge in [0.15, 0.2) is 5.82 Å². The van der Waals surface area contributed by atoms with E-state index in [1.54, 1.807) is 25.3 Å². The van der Waals surface area contributed by atoms with Crippen molar-refractivity contribution in [3.05, 3.63) is 56.9 Å². The molecule has 226 valence electrons. The lowest BCUT2D eigenvalue weighted by atomic mass is 10.1. The highest BCUT2D eigenvalue weighted by Crippen LogP contribution is 2.16. The molecule has 2 atom stereocenters. The van der Waals surface area contributed by atoms with E-state index in [9.17, 15) is 29.1 Å². The molecule has 0 aliphatic carbocycles. The molecule has 0 spiro atoms. The van der Waals surface area contributed by atoms with Gasteiger partial charge in [-0.15, -0.1) is 0 Å². The van der Waals surface area contributed by atoms with Crippen LogP contribution in [0.15, 0.2) is 45.2 Å². The Labute approximate surface area is 247 Å². The van der Waals surface area contributed by atoms with E-state index in [2.05, 4.69) is 43.5 Å². The number of aromatic amines is 1. The van der Waals surface area contributed by atoms with Crippen molar-refractivity contribution in [3.63, 3.8) is 0 Å². The maximum atomic E-state index is 12.7. The molecule has 0 aliphatic rings. The average molecular weight is 602 g/mol. The lowest BCUT2D eigenvalue weighted by molar-refractivity contribution is -0.142. The zero-order valence-corrected chi connectivity index (χ0v) is 24.3. The predicted octanol–water partition coefficient (Wildman–Crippen LogP) is 1.66. The van der Waals surface area contributed by atoms with E-state index in [-0.39, 0.29) is 41.5 Å². The summed E-state index contributed by atoms with van der Waals surface area (Å²) < 4.78 is 0.